The Morgan fingerprint density at radius 1 is 1.11 bits per heavy atom. The Hall–Kier alpha value is -1.26. The summed E-state index contributed by atoms with van der Waals surface area (Å²) in [6, 6.07) is 0.299. The molecule has 2 N–H and O–H groups in total. The zero-order valence-corrected chi connectivity index (χ0v) is 11.2. The predicted octanol–water partition coefficient (Wildman–Crippen LogP) is 1.68. The monoisotopic (exact) mass is 266 g/mol. The second-order valence-corrected chi connectivity index (χ2v) is 6.27. The van der Waals surface area contributed by atoms with Crippen molar-refractivity contribution in [1.29, 1.82) is 0 Å². The lowest BCUT2D eigenvalue weighted by Gasteiger charge is -2.32. The molecular formula is C14H22N2O3. The summed E-state index contributed by atoms with van der Waals surface area (Å²) in [5, 5.41) is 12.2. The Bertz CT molecular complexity index is 365. The van der Waals surface area contributed by atoms with Crippen LogP contribution in [0.2, 0.25) is 0 Å². The molecule has 2 aliphatic carbocycles. The van der Waals surface area contributed by atoms with Gasteiger partial charge in [0, 0.05) is 19.1 Å². The maximum absolute atomic E-state index is 12.3. The molecule has 3 fully saturated rings. The molecule has 5 heteroatoms. The number of carbonyl (C=O) groups is 2. The van der Waals surface area contributed by atoms with E-state index in [-0.39, 0.29) is 11.9 Å². The molecular weight excluding hydrogens is 244 g/mol. The molecule has 0 aromatic heterocycles. The molecule has 0 aromatic carbocycles. The highest BCUT2D eigenvalue weighted by molar-refractivity contribution is 5.77. The van der Waals surface area contributed by atoms with Crippen molar-refractivity contribution in [1.82, 2.24) is 10.2 Å². The minimum atomic E-state index is -0.779. The van der Waals surface area contributed by atoms with Crippen LogP contribution in [0.5, 0.6) is 0 Å². The van der Waals surface area contributed by atoms with Crippen molar-refractivity contribution in [3.63, 3.8) is 0 Å². The van der Waals surface area contributed by atoms with E-state index in [9.17, 15) is 9.59 Å². The molecule has 1 saturated heterocycles. The first-order valence-corrected chi connectivity index (χ1v) is 7.43. The van der Waals surface area contributed by atoms with Gasteiger partial charge in [0.25, 0.3) is 0 Å². The van der Waals surface area contributed by atoms with Crippen LogP contribution in [0.4, 0.5) is 4.79 Å². The summed E-state index contributed by atoms with van der Waals surface area (Å²) in [5.74, 6) is 0.186. The average Bonchev–Trinajstić information content (AvgIpc) is 3.29. The van der Waals surface area contributed by atoms with E-state index in [1.165, 1.54) is 25.7 Å². The summed E-state index contributed by atoms with van der Waals surface area (Å²) in [6.07, 6.45) is 6.42. The lowest BCUT2D eigenvalue weighted by molar-refractivity contribution is -0.143. The number of piperidine rings is 1. The molecule has 3 rings (SSSR count). The van der Waals surface area contributed by atoms with Crippen LogP contribution in [0.15, 0.2) is 0 Å². The fourth-order valence-corrected chi connectivity index (χ4v) is 3.13. The molecule has 1 aliphatic heterocycles. The van der Waals surface area contributed by atoms with Crippen molar-refractivity contribution in [2.24, 2.45) is 17.8 Å². The van der Waals surface area contributed by atoms with Gasteiger partial charge in [0.05, 0.1) is 5.92 Å². The van der Waals surface area contributed by atoms with Gasteiger partial charge in [0.2, 0.25) is 0 Å². The molecule has 1 heterocycles. The van der Waals surface area contributed by atoms with Crippen LogP contribution in [-0.4, -0.2) is 41.1 Å². The quantitative estimate of drug-likeness (QED) is 0.813. The van der Waals surface area contributed by atoms with E-state index in [4.69, 9.17) is 5.11 Å². The summed E-state index contributed by atoms with van der Waals surface area (Å²) in [5.41, 5.74) is 0. The van der Waals surface area contributed by atoms with Crippen LogP contribution in [0.25, 0.3) is 0 Å². The number of likely N-dealkylation sites (tertiary alicyclic amines) is 1. The summed E-state index contributed by atoms with van der Waals surface area (Å²) in [6.45, 7) is 1.06. The van der Waals surface area contributed by atoms with Crippen LogP contribution in [-0.2, 0) is 4.79 Å². The van der Waals surface area contributed by atoms with Gasteiger partial charge in [-0.2, -0.15) is 0 Å². The number of nitrogens with zero attached hydrogens (tertiary/aromatic N) is 1. The number of aliphatic carboxylic acids is 1. The van der Waals surface area contributed by atoms with Gasteiger partial charge in [-0.05, 0) is 50.4 Å². The normalized spacial score (nSPS) is 27.4. The minimum Gasteiger partial charge on any atom is -0.481 e. The number of carboxylic acid groups (broad SMARTS) is 1. The zero-order valence-electron chi connectivity index (χ0n) is 11.2. The van der Waals surface area contributed by atoms with Crippen molar-refractivity contribution in [2.45, 2.75) is 44.6 Å². The third kappa shape index (κ3) is 3.01. The standard InChI is InChI=1S/C14H22N2O3/c17-13(18)11-2-1-7-16(8-11)14(19)15-12(9-3-4-9)10-5-6-10/h9-12H,1-8H2,(H,15,19)(H,17,18)/t11-/m0/s1. The number of hydrogen-bond donors (Lipinski definition) is 2. The molecule has 106 valence electrons. The Balaban J connectivity index is 1.55. The lowest BCUT2D eigenvalue weighted by Crippen LogP contribution is -2.50. The second kappa shape index (κ2) is 5.02. The number of rotatable bonds is 4. The maximum atomic E-state index is 12.3. The van der Waals surface area contributed by atoms with Crippen LogP contribution in [0.1, 0.15) is 38.5 Å². The average molecular weight is 266 g/mol. The number of carboxylic acids is 1. The van der Waals surface area contributed by atoms with Gasteiger partial charge in [0.15, 0.2) is 0 Å². The molecule has 0 radical (unpaired) electrons. The first kappa shape index (κ1) is 12.8. The molecule has 0 spiro atoms. The van der Waals surface area contributed by atoms with E-state index < -0.39 is 5.97 Å². The summed E-state index contributed by atoms with van der Waals surface area (Å²) in [7, 11) is 0. The number of urea groups is 1. The second-order valence-electron chi connectivity index (χ2n) is 6.27. The molecule has 0 bridgehead atoms. The van der Waals surface area contributed by atoms with Crippen molar-refractivity contribution in [3.05, 3.63) is 0 Å². The van der Waals surface area contributed by atoms with Gasteiger partial charge in [0.1, 0.15) is 0 Å². The van der Waals surface area contributed by atoms with Crippen molar-refractivity contribution in [2.75, 3.05) is 13.1 Å². The number of hydrogen-bond acceptors (Lipinski definition) is 2. The molecule has 19 heavy (non-hydrogen) atoms. The van der Waals surface area contributed by atoms with Gasteiger partial charge >= 0.3 is 12.0 Å². The third-order valence-corrected chi connectivity index (χ3v) is 4.61. The largest absolute Gasteiger partial charge is 0.481 e. The summed E-state index contributed by atoms with van der Waals surface area (Å²) in [4.78, 5) is 25.0. The summed E-state index contributed by atoms with van der Waals surface area (Å²) < 4.78 is 0. The first-order valence-electron chi connectivity index (χ1n) is 7.43. The molecule has 1 atom stereocenters. The predicted molar refractivity (Wildman–Crippen MR) is 69.7 cm³/mol. The Kier molecular flexibility index (Phi) is 3.37. The number of amides is 2. The van der Waals surface area contributed by atoms with E-state index in [2.05, 4.69) is 5.32 Å². The van der Waals surface area contributed by atoms with E-state index in [1.807, 2.05) is 0 Å². The Morgan fingerprint density at radius 2 is 1.74 bits per heavy atom. The van der Waals surface area contributed by atoms with Crippen LogP contribution in [0.3, 0.4) is 0 Å². The Labute approximate surface area is 113 Å². The van der Waals surface area contributed by atoms with E-state index in [1.54, 1.807) is 4.90 Å². The highest BCUT2D eigenvalue weighted by atomic mass is 16.4. The Morgan fingerprint density at radius 3 is 2.26 bits per heavy atom. The summed E-state index contributed by atoms with van der Waals surface area (Å²) >= 11 is 0. The SMILES string of the molecule is O=C(O)[C@H]1CCCN(C(=O)NC(C2CC2)C2CC2)C1. The van der Waals surface area contributed by atoms with Crippen LogP contribution >= 0.6 is 0 Å². The van der Waals surface area contributed by atoms with Gasteiger partial charge < -0.3 is 15.3 Å². The molecule has 2 amide bonds. The van der Waals surface area contributed by atoms with Gasteiger partial charge in [-0.1, -0.05) is 0 Å². The maximum Gasteiger partial charge on any atom is 0.317 e. The van der Waals surface area contributed by atoms with E-state index in [0.29, 0.717) is 37.4 Å². The van der Waals surface area contributed by atoms with Crippen molar-refractivity contribution < 1.29 is 14.7 Å². The molecule has 0 unspecified atom stereocenters. The molecule has 5 nitrogen and oxygen atoms in total. The van der Waals surface area contributed by atoms with Gasteiger partial charge in [-0.25, -0.2) is 4.79 Å². The third-order valence-electron chi connectivity index (χ3n) is 4.61. The van der Waals surface area contributed by atoms with Crippen molar-refractivity contribution in [3.8, 4) is 0 Å². The zero-order chi connectivity index (χ0) is 13.4. The molecule has 0 aromatic rings. The van der Waals surface area contributed by atoms with Crippen molar-refractivity contribution >= 4 is 12.0 Å². The fraction of sp³-hybridized carbons (Fsp3) is 0.857. The first-order chi connectivity index (χ1) is 9.15. The lowest BCUT2D eigenvalue weighted by atomic mass is 9.98. The number of carbonyl (C=O) groups excluding carboxylic acids is 1. The van der Waals surface area contributed by atoms with Gasteiger partial charge in [-0.3, -0.25) is 4.79 Å². The van der Waals surface area contributed by atoms with Gasteiger partial charge in [-0.15, -0.1) is 0 Å². The minimum absolute atomic E-state index is 0.0465. The van der Waals surface area contributed by atoms with Crippen LogP contribution in [0, 0.1) is 17.8 Å². The highest BCUT2D eigenvalue weighted by Gasteiger charge is 2.43. The van der Waals surface area contributed by atoms with Crippen LogP contribution < -0.4 is 5.32 Å². The smallest absolute Gasteiger partial charge is 0.317 e. The van der Waals surface area contributed by atoms with E-state index in [0.717, 1.165) is 6.42 Å². The van der Waals surface area contributed by atoms with E-state index >= 15 is 0 Å². The highest BCUT2D eigenvalue weighted by Crippen LogP contribution is 2.44. The topological polar surface area (TPSA) is 69.6 Å². The fourth-order valence-electron chi connectivity index (χ4n) is 3.13. The molecule has 2 saturated carbocycles. The number of nitrogens with one attached hydrogen (secondary N) is 1. The molecule has 3 aliphatic rings.